The molecular formula is C10H16O2. The van der Waals surface area contributed by atoms with Gasteiger partial charge in [0.1, 0.15) is 5.60 Å². The molecule has 1 atom stereocenters. The van der Waals surface area contributed by atoms with Crippen LogP contribution in [0.5, 0.6) is 0 Å². The molecule has 12 heavy (non-hydrogen) atoms. The Bertz CT molecular complexity index is 193. The first-order valence-corrected chi connectivity index (χ1v) is 4.03. The van der Waals surface area contributed by atoms with E-state index in [1.807, 2.05) is 20.8 Å². The highest BCUT2D eigenvalue weighted by atomic mass is 16.6. The first kappa shape index (κ1) is 11.0. The quantitative estimate of drug-likeness (QED) is 0.465. The summed E-state index contributed by atoms with van der Waals surface area (Å²) in [6, 6.07) is 0. The molecule has 0 aliphatic carbocycles. The molecule has 0 N–H and O–H groups in total. The lowest BCUT2D eigenvalue weighted by Gasteiger charge is -2.21. The van der Waals surface area contributed by atoms with E-state index in [1.165, 1.54) is 0 Å². The van der Waals surface area contributed by atoms with Crippen LogP contribution < -0.4 is 0 Å². The van der Waals surface area contributed by atoms with Crippen molar-refractivity contribution >= 4 is 5.97 Å². The van der Waals surface area contributed by atoms with E-state index in [9.17, 15) is 4.79 Å². The molecular weight excluding hydrogens is 152 g/mol. The number of carbonyl (C=O) groups is 1. The molecule has 0 aliphatic rings. The van der Waals surface area contributed by atoms with Crippen LogP contribution in [0.25, 0.3) is 0 Å². The van der Waals surface area contributed by atoms with Crippen molar-refractivity contribution in [2.45, 2.75) is 39.7 Å². The summed E-state index contributed by atoms with van der Waals surface area (Å²) >= 11 is 0. The summed E-state index contributed by atoms with van der Waals surface area (Å²) in [4.78, 5) is 11.2. The number of carbonyl (C=O) groups excluding carboxylic acids is 1. The minimum atomic E-state index is -0.417. The molecule has 0 aromatic carbocycles. The molecule has 0 rings (SSSR count). The zero-order valence-corrected chi connectivity index (χ0v) is 8.18. The smallest absolute Gasteiger partial charge is 0.310 e. The second-order valence-electron chi connectivity index (χ2n) is 3.84. The van der Waals surface area contributed by atoms with Gasteiger partial charge in [-0.1, -0.05) is 6.92 Å². The van der Waals surface area contributed by atoms with Gasteiger partial charge in [-0.25, -0.2) is 0 Å². The first-order chi connectivity index (χ1) is 5.37. The molecule has 0 saturated heterocycles. The summed E-state index contributed by atoms with van der Waals surface area (Å²) in [5, 5.41) is 0. The zero-order valence-electron chi connectivity index (χ0n) is 8.18. The summed E-state index contributed by atoms with van der Waals surface area (Å²) in [5.41, 5.74) is -0.417. The van der Waals surface area contributed by atoms with Gasteiger partial charge in [0.05, 0.1) is 5.92 Å². The van der Waals surface area contributed by atoms with Crippen molar-refractivity contribution in [1.82, 2.24) is 0 Å². The summed E-state index contributed by atoms with van der Waals surface area (Å²) in [7, 11) is 0. The Kier molecular flexibility index (Phi) is 3.82. The second kappa shape index (κ2) is 4.15. The van der Waals surface area contributed by atoms with E-state index in [0.717, 1.165) is 0 Å². The Morgan fingerprint density at radius 2 is 2.08 bits per heavy atom. The van der Waals surface area contributed by atoms with E-state index in [0.29, 0.717) is 6.42 Å². The summed E-state index contributed by atoms with van der Waals surface area (Å²) < 4.78 is 5.12. The number of rotatable bonds is 2. The molecule has 0 fully saturated rings. The van der Waals surface area contributed by atoms with Gasteiger partial charge in [0.2, 0.25) is 0 Å². The molecule has 1 unspecified atom stereocenters. The average Bonchev–Trinajstić information content (AvgIpc) is 1.84. The molecule has 0 heterocycles. The molecule has 0 spiro atoms. The highest BCUT2D eigenvalue weighted by Crippen LogP contribution is 2.12. The van der Waals surface area contributed by atoms with Gasteiger partial charge in [-0.15, -0.1) is 12.3 Å². The number of esters is 1. The Morgan fingerprint density at radius 3 is 2.42 bits per heavy atom. The highest BCUT2D eigenvalue weighted by Gasteiger charge is 2.20. The maximum Gasteiger partial charge on any atom is 0.310 e. The van der Waals surface area contributed by atoms with E-state index in [-0.39, 0.29) is 11.9 Å². The third kappa shape index (κ3) is 4.79. The lowest BCUT2D eigenvalue weighted by Crippen LogP contribution is -2.27. The molecule has 0 aromatic heterocycles. The average molecular weight is 168 g/mol. The third-order valence-corrected chi connectivity index (χ3v) is 1.23. The predicted molar refractivity (Wildman–Crippen MR) is 48.5 cm³/mol. The Morgan fingerprint density at radius 1 is 1.58 bits per heavy atom. The van der Waals surface area contributed by atoms with E-state index < -0.39 is 5.60 Å². The van der Waals surface area contributed by atoms with Crippen LogP contribution in [0, 0.1) is 18.3 Å². The molecule has 0 aliphatic heterocycles. The fourth-order valence-corrected chi connectivity index (χ4v) is 0.662. The van der Waals surface area contributed by atoms with Crippen molar-refractivity contribution in [1.29, 1.82) is 0 Å². The standard InChI is InChI=1S/C10H16O2/c1-6-7-8(2)9(11)12-10(3,4)5/h1,8H,7H2,2-5H3. The van der Waals surface area contributed by atoms with Crippen molar-refractivity contribution < 1.29 is 9.53 Å². The SMILES string of the molecule is C#CCC(C)C(=O)OC(C)(C)C. The van der Waals surface area contributed by atoms with Crippen molar-refractivity contribution in [3.05, 3.63) is 0 Å². The summed E-state index contributed by atoms with van der Waals surface area (Å²) in [6.07, 6.45) is 5.51. The second-order valence-corrected chi connectivity index (χ2v) is 3.84. The maximum absolute atomic E-state index is 11.2. The van der Waals surface area contributed by atoms with Gasteiger partial charge in [-0.05, 0) is 20.8 Å². The van der Waals surface area contributed by atoms with Gasteiger partial charge in [0.15, 0.2) is 0 Å². The number of ether oxygens (including phenoxy) is 1. The Hall–Kier alpha value is -0.970. The van der Waals surface area contributed by atoms with Gasteiger partial charge >= 0.3 is 5.97 Å². The summed E-state index contributed by atoms with van der Waals surface area (Å²) in [6.45, 7) is 7.29. The fourth-order valence-electron chi connectivity index (χ4n) is 0.662. The van der Waals surface area contributed by atoms with E-state index in [1.54, 1.807) is 6.92 Å². The molecule has 0 aromatic rings. The van der Waals surface area contributed by atoms with Crippen molar-refractivity contribution in [3.63, 3.8) is 0 Å². The number of hydrogen-bond acceptors (Lipinski definition) is 2. The van der Waals surface area contributed by atoms with Gasteiger partial charge < -0.3 is 4.74 Å². The largest absolute Gasteiger partial charge is 0.460 e. The number of hydrogen-bond donors (Lipinski definition) is 0. The van der Waals surface area contributed by atoms with Crippen LogP contribution in [0.2, 0.25) is 0 Å². The minimum Gasteiger partial charge on any atom is -0.460 e. The first-order valence-electron chi connectivity index (χ1n) is 4.03. The highest BCUT2D eigenvalue weighted by molar-refractivity contribution is 5.72. The zero-order chi connectivity index (χ0) is 9.78. The molecule has 2 heteroatoms. The normalized spacial score (nSPS) is 13.2. The van der Waals surface area contributed by atoms with Crippen molar-refractivity contribution in [2.75, 3.05) is 0 Å². The van der Waals surface area contributed by atoms with Crippen LogP contribution in [0.1, 0.15) is 34.1 Å². The van der Waals surface area contributed by atoms with Gasteiger partial charge in [0, 0.05) is 6.42 Å². The topological polar surface area (TPSA) is 26.3 Å². The van der Waals surface area contributed by atoms with E-state index in [2.05, 4.69) is 5.92 Å². The van der Waals surface area contributed by atoms with E-state index in [4.69, 9.17) is 11.2 Å². The Balaban J connectivity index is 3.98. The van der Waals surface area contributed by atoms with Crippen LogP contribution in [-0.2, 0) is 9.53 Å². The molecule has 0 bridgehead atoms. The summed E-state index contributed by atoms with van der Waals surface area (Å²) in [5.74, 6) is 2.01. The Labute approximate surface area is 74.3 Å². The van der Waals surface area contributed by atoms with Crippen molar-refractivity contribution in [2.24, 2.45) is 5.92 Å². The fraction of sp³-hybridized carbons (Fsp3) is 0.700. The predicted octanol–water partition coefficient (Wildman–Crippen LogP) is 1.99. The van der Waals surface area contributed by atoms with Crippen LogP contribution in [0.15, 0.2) is 0 Å². The van der Waals surface area contributed by atoms with Crippen molar-refractivity contribution in [3.8, 4) is 12.3 Å². The molecule has 0 saturated carbocycles. The van der Waals surface area contributed by atoms with Crippen LogP contribution in [0.3, 0.4) is 0 Å². The molecule has 0 amide bonds. The molecule has 68 valence electrons. The van der Waals surface area contributed by atoms with E-state index >= 15 is 0 Å². The van der Waals surface area contributed by atoms with Gasteiger partial charge in [-0.3, -0.25) is 4.79 Å². The van der Waals surface area contributed by atoms with Gasteiger partial charge in [0.25, 0.3) is 0 Å². The third-order valence-electron chi connectivity index (χ3n) is 1.23. The maximum atomic E-state index is 11.2. The number of terminal acetylenes is 1. The molecule has 0 radical (unpaired) electrons. The minimum absolute atomic E-state index is 0.200. The van der Waals surface area contributed by atoms with Crippen LogP contribution in [0.4, 0.5) is 0 Å². The monoisotopic (exact) mass is 168 g/mol. The van der Waals surface area contributed by atoms with Crippen LogP contribution >= 0.6 is 0 Å². The lowest BCUT2D eigenvalue weighted by molar-refractivity contribution is -0.159. The van der Waals surface area contributed by atoms with Gasteiger partial charge in [-0.2, -0.15) is 0 Å². The molecule has 2 nitrogen and oxygen atoms in total. The van der Waals surface area contributed by atoms with Crippen LogP contribution in [-0.4, -0.2) is 11.6 Å². The lowest BCUT2D eigenvalue weighted by atomic mass is 10.1.